The summed E-state index contributed by atoms with van der Waals surface area (Å²) >= 11 is 0. The lowest BCUT2D eigenvalue weighted by Crippen LogP contribution is -2.52. The molecule has 0 saturated carbocycles. The van der Waals surface area contributed by atoms with Gasteiger partial charge in [0.15, 0.2) is 0 Å². The number of urea groups is 1. The lowest BCUT2D eigenvalue weighted by molar-refractivity contribution is -0.139. The molecule has 1 aliphatic heterocycles. The molecule has 1 rings (SSSR count). The zero-order valence-corrected chi connectivity index (χ0v) is 12.6. The van der Waals surface area contributed by atoms with E-state index in [1.54, 1.807) is 20.8 Å². The van der Waals surface area contributed by atoms with Gasteiger partial charge >= 0.3 is 12.0 Å². The molecule has 0 aromatic rings. The van der Waals surface area contributed by atoms with Crippen molar-refractivity contribution in [2.24, 2.45) is 5.41 Å². The normalized spacial score (nSPS) is 20.4. The summed E-state index contributed by atoms with van der Waals surface area (Å²) in [6.45, 7) is 5.41. The highest BCUT2D eigenvalue weighted by atomic mass is 16.4. The quantitative estimate of drug-likeness (QED) is 0.629. The molecule has 0 spiro atoms. The van der Waals surface area contributed by atoms with E-state index in [0.29, 0.717) is 0 Å². The van der Waals surface area contributed by atoms with Crippen LogP contribution in [0.1, 0.15) is 33.6 Å². The molecule has 0 aliphatic carbocycles. The van der Waals surface area contributed by atoms with Crippen LogP contribution in [0, 0.1) is 5.41 Å². The number of amides is 4. The number of carbonyl (C=O) groups excluding carboxylic acids is 3. The smallest absolute Gasteiger partial charge is 0.315 e. The Morgan fingerprint density at radius 2 is 1.95 bits per heavy atom. The third-order valence-corrected chi connectivity index (χ3v) is 3.42. The number of likely N-dealkylation sites (tertiary alicyclic amines) is 1. The Labute approximate surface area is 122 Å². The summed E-state index contributed by atoms with van der Waals surface area (Å²) in [7, 11) is 1.35. The molecular weight excluding hydrogens is 278 g/mol. The van der Waals surface area contributed by atoms with Crippen molar-refractivity contribution < 1.29 is 24.3 Å². The largest absolute Gasteiger partial charge is 0.481 e. The predicted molar refractivity (Wildman–Crippen MR) is 73.3 cm³/mol. The molecule has 8 nitrogen and oxygen atoms in total. The second kappa shape index (κ2) is 6.11. The summed E-state index contributed by atoms with van der Waals surface area (Å²) in [6.07, 6.45) is -0.309. The van der Waals surface area contributed by atoms with Crippen LogP contribution in [0.25, 0.3) is 0 Å². The van der Waals surface area contributed by atoms with E-state index in [4.69, 9.17) is 5.11 Å². The van der Waals surface area contributed by atoms with Crippen LogP contribution in [0.2, 0.25) is 0 Å². The molecule has 1 fully saturated rings. The minimum Gasteiger partial charge on any atom is -0.481 e. The summed E-state index contributed by atoms with van der Waals surface area (Å²) in [5, 5.41) is 13.8. The van der Waals surface area contributed by atoms with E-state index in [1.807, 2.05) is 0 Å². The summed E-state index contributed by atoms with van der Waals surface area (Å²) < 4.78 is 0. The Morgan fingerprint density at radius 1 is 1.38 bits per heavy atom. The van der Waals surface area contributed by atoms with Gasteiger partial charge < -0.3 is 15.7 Å². The first-order valence-corrected chi connectivity index (χ1v) is 6.61. The van der Waals surface area contributed by atoms with Crippen molar-refractivity contribution in [3.8, 4) is 0 Å². The molecule has 2 unspecified atom stereocenters. The zero-order chi connectivity index (χ0) is 16.4. The molecule has 0 radical (unpaired) electrons. The van der Waals surface area contributed by atoms with E-state index in [0.717, 1.165) is 4.90 Å². The Bertz CT molecular complexity index is 469. The second-order valence-corrected chi connectivity index (χ2v) is 6.18. The molecule has 1 aliphatic rings. The van der Waals surface area contributed by atoms with Crippen molar-refractivity contribution >= 4 is 23.8 Å². The number of carboxylic acids is 1. The van der Waals surface area contributed by atoms with Gasteiger partial charge in [-0.2, -0.15) is 0 Å². The second-order valence-electron chi connectivity index (χ2n) is 6.18. The Morgan fingerprint density at radius 3 is 2.33 bits per heavy atom. The highest BCUT2D eigenvalue weighted by molar-refractivity contribution is 6.06. The fourth-order valence-electron chi connectivity index (χ4n) is 1.97. The molecule has 3 N–H and O–H groups in total. The first kappa shape index (κ1) is 16.9. The monoisotopic (exact) mass is 299 g/mol. The Kier molecular flexibility index (Phi) is 4.93. The summed E-state index contributed by atoms with van der Waals surface area (Å²) in [5.41, 5.74) is -0.456. The molecule has 8 heteroatoms. The number of carbonyl (C=O) groups is 4. The molecule has 2 atom stereocenters. The van der Waals surface area contributed by atoms with E-state index in [2.05, 4.69) is 10.6 Å². The van der Waals surface area contributed by atoms with Gasteiger partial charge in [0.05, 0.1) is 12.8 Å². The summed E-state index contributed by atoms with van der Waals surface area (Å²) in [6, 6.07) is -2.15. The van der Waals surface area contributed by atoms with Crippen LogP contribution in [0.5, 0.6) is 0 Å². The average molecular weight is 299 g/mol. The minimum absolute atomic E-state index is 0.0815. The maximum Gasteiger partial charge on any atom is 0.315 e. The molecule has 0 bridgehead atoms. The number of likely N-dealkylation sites (N-methyl/N-ethyl adjacent to an activating group) is 1. The van der Waals surface area contributed by atoms with Gasteiger partial charge in [-0.3, -0.25) is 19.3 Å². The topological polar surface area (TPSA) is 116 Å². The lowest BCUT2D eigenvalue weighted by atomic mass is 9.85. The van der Waals surface area contributed by atoms with Crippen LogP contribution in [-0.4, -0.2) is 53.0 Å². The Hall–Kier alpha value is -2.12. The van der Waals surface area contributed by atoms with Crippen LogP contribution in [0.15, 0.2) is 0 Å². The van der Waals surface area contributed by atoms with Crippen molar-refractivity contribution in [1.29, 1.82) is 0 Å². The van der Waals surface area contributed by atoms with Crippen LogP contribution < -0.4 is 10.6 Å². The van der Waals surface area contributed by atoms with Crippen LogP contribution in [0.3, 0.4) is 0 Å². The van der Waals surface area contributed by atoms with Gasteiger partial charge in [-0.25, -0.2) is 4.79 Å². The van der Waals surface area contributed by atoms with Crippen molar-refractivity contribution in [1.82, 2.24) is 15.5 Å². The minimum atomic E-state index is -1.03. The average Bonchev–Trinajstić information content (AvgIpc) is 2.54. The number of nitrogens with zero attached hydrogens (tertiary/aromatic N) is 1. The molecule has 1 saturated heterocycles. The van der Waals surface area contributed by atoms with Crippen LogP contribution >= 0.6 is 0 Å². The molecular formula is C13H21N3O5. The van der Waals surface area contributed by atoms with E-state index < -0.39 is 35.4 Å². The summed E-state index contributed by atoms with van der Waals surface area (Å²) in [5.74, 6) is -1.86. The third kappa shape index (κ3) is 4.44. The number of carboxylic acid groups (broad SMARTS) is 1. The lowest BCUT2D eigenvalue weighted by Gasteiger charge is -2.30. The summed E-state index contributed by atoms with van der Waals surface area (Å²) in [4.78, 5) is 46.7. The van der Waals surface area contributed by atoms with Gasteiger partial charge in [-0.05, 0) is 5.41 Å². The van der Waals surface area contributed by atoms with Gasteiger partial charge in [0.25, 0.3) is 5.91 Å². The molecule has 0 aromatic carbocycles. The molecule has 21 heavy (non-hydrogen) atoms. The SMILES string of the molecule is CN1C(=O)CC(NC(=O)NC(CC(=O)O)C(C)(C)C)C1=O. The third-order valence-electron chi connectivity index (χ3n) is 3.42. The zero-order valence-electron chi connectivity index (χ0n) is 12.6. The molecule has 118 valence electrons. The van der Waals surface area contributed by atoms with Crippen molar-refractivity contribution in [2.45, 2.75) is 45.7 Å². The first-order chi connectivity index (χ1) is 9.52. The number of rotatable bonds is 4. The fraction of sp³-hybridized carbons (Fsp3) is 0.692. The Balaban J connectivity index is 2.65. The van der Waals surface area contributed by atoms with Gasteiger partial charge in [-0.15, -0.1) is 0 Å². The number of imide groups is 1. The number of hydrogen-bond acceptors (Lipinski definition) is 4. The molecule has 1 heterocycles. The molecule has 0 aromatic heterocycles. The van der Waals surface area contributed by atoms with E-state index in [-0.39, 0.29) is 18.7 Å². The predicted octanol–water partition coefficient (Wildman–Crippen LogP) is -0.0677. The van der Waals surface area contributed by atoms with Gasteiger partial charge in [0.1, 0.15) is 6.04 Å². The first-order valence-electron chi connectivity index (χ1n) is 6.61. The van der Waals surface area contributed by atoms with E-state index in [9.17, 15) is 19.2 Å². The van der Waals surface area contributed by atoms with E-state index in [1.165, 1.54) is 7.05 Å². The standard InChI is InChI=1S/C13H21N3O5/c1-13(2,3)8(6-10(18)19)15-12(21)14-7-5-9(17)16(4)11(7)20/h7-8H,5-6H2,1-4H3,(H,18,19)(H2,14,15,21). The van der Waals surface area contributed by atoms with Crippen LogP contribution in [0.4, 0.5) is 4.79 Å². The van der Waals surface area contributed by atoms with Crippen molar-refractivity contribution in [3.63, 3.8) is 0 Å². The van der Waals surface area contributed by atoms with Gasteiger partial charge in [-0.1, -0.05) is 20.8 Å². The van der Waals surface area contributed by atoms with Gasteiger partial charge in [0.2, 0.25) is 5.91 Å². The fourth-order valence-corrected chi connectivity index (χ4v) is 1.97. The van der Waals surface area contributed by atoms with Crippen LogP contribution in [-0.2, 0) is 14.4 Å². The highest BCUT2D eigenvalue weighted by Crippen LogP contribution is 2.22. The van der Waals surface area contributed by atoms with Gasteiger partial charge in [0, 0.05) is 13.1 Å². The van der Waals surface area contributed by atoms with E-state index >= 15 is 0 Å². The maximum absolute atomic E-state index is 11.9. The number of hydrogen-bond donors (Lipinski definition) is 3. The maximum atomic E-state index is 11.9. The highest BCUT2D eigenvalue weighted by Gasteiger charge is 2.37. The number of nitrogens with one attached hydrogen (secondary N) is 2. The number of aliphatic carboxylic acids is 1. The van der Waals surface area contributed by atoms with Crippen molar-refractivity contribution in [3.05, 3.63) is 0 Å². The molecule has 4 amide bonds. The van der Waals surface area contributed by atoms with Crippen molar-refractivity contribution in [2.75, 3.05) is 7.05 Å².